The Bertz CT molecular complexity index is 1070. The minimum absolute atomic E-state index is 0.0791. The first kappa shape index (κ1) is 21.7. The maximum absolute atomic E-state index is 13.4. The average Bonchev–Trinajstić information content (AvgIpc) is 2.76. The Morgan fingerprint density at radius 3 is 2.53 bits per heavy atom. The third kappa shape index (κ3) is 4.44. The molecule has 1 atom stereocenters. The van der Waals surface area contributed by atoms with Gasteiger partial charge >= 0.3 is 0 Å². The molecule has 0 spiro atoms. The van der Waals surface area contributed by atoms with Crippen molar-refractivity contribution in [2.45, 2.75) is 39.8 Å². The molecule has 0 aliphatic rings. The molecule has 1 aromatic heterocycles. The summed E-state index contributed by atoms with van der Waals surface area (Å²) in [7, 11) is 1.65. The molecule has 1 unspecified atom stereocenters. The summed E-state index contributed by atoms with van der Waals surface area (Å²) in [4.78, 5) is 33.0. The number of amides is 1. The summed E-state index contributed by atoms with van der Waals surface area (Å²) >= 11 is 0. The molecule has 3 rings (SSSR count). The Hall–Kier alpha value is -2.99. The van der Waals surface area contributed by atoms with E-state index in [9.17, 15) is 9.59 Å². The molecule has 0 radical (unpaired) electrons. The van der Waals surface area contributed by atoms with E-state index in [2.05, 4.69) is 0 Å². The lowest BCUT2D eigenvalue weighted by Crippen LogP contribution is -2.38. The number of carbonyl (C=O) groups excluding carboxylic acids is 1. The largest absolute Gasteiger partial charge is 0.385 e. The van der Waals surface area contributed by atoms with E-state index < -0.39 is 0 Å². The van der Waals surface area contributed by atoms with Crippen LogP contribution in [0, 0.1) is 6.92 Å². The topological polar surface area (TPSA) is 64.4 Å². The Morgan fingerprint density at radius 2 is 1.87 bits per heavy atom. The number of fused-ring (bicyclic) bond motifs is 1. The molecule has 0 aliphatic heterocycles. The molecule has 1 heterocycles. The molecule has 158 valence electrons. The maximum Gasteiger partial charge on any atom is 0.261 e. The summed E-state index contributed by atoms with van der Waals surface area (Å²) in [5, 5.41) is 0.589. The van der Waals surface area contributed by atoms with Gasteiger partial charge in [-0.05, 0) is 51.5 Å². The number of nitrogens with zero attached hydrogens (tertiary/aromatic N) is 3. The molecule has 3 aromatic rings. The summed E-state index contributed by atoms with van der Waals surface area (Å²) < 4.78 is 6.86. The summed E-state index contributed by atoms with van der Waals surface area (Å²) in [6, 6.07) is 14.5. The van der Waals surface area contributed by atoms with Crippen LogP contribution in [0.2, 0.25) is 0 Å². The first-order chi connectivity index (χ1) is 14.5. The monoisotopic (exact) mass is 407 g/mol. The van der Waals surface area contributed by atoms with Crippen molar-refractivity contribution in [2.24, 2.45) is 0 Å². The standard InChI is InChI=1S/C24H29N3O3/c1-5-26-22(25-21-10-7-6-9-20(21)24(26)29)18(3)27(15-8-16-30-4)23(28)19-13-11-17(2)12-14-19/h6-7,9-14,18H,5,8,15-16H2,1-4H3. The van der Waals surface area contributed by atoms with E-state index in [1.165, 1.54) is 0 Å². The Morgan fingerprint density at radius 1 is 1.17 bits per heavy atom. The highest BCUT2D eigenvalue weighted by molar-refractivity contribution is 5.94. The second kappa shape index (κ2) is 9.67. The van der Waals surface area contributed by atoms with Gasteiger partial charge in [-0.15, -0.1) is 0 Å². The molecular weight excluding hydrogens is 378 g/mol. The third-order valence-corrected chi connectivity index (χ3v) is 5.36. The third-order valence-electron chi connectivity index (χ3n) is 5.36. The Labute approximate surface area is 177 Å². The van der Waals surface area contributed by atoms with E-state index in [1.54, 1.807) is 22.6 Å². The van der Waals surface area contributed by atoms with Gasteiger partial charge in [0.05, 0.1) is 16.9 Å². The van der Waals surface area contributed by atoms with Crippen LogP contribution in [-0.2, 0) is 11.3 Å². The highest BCUT2D eigenvalue weighted by atomic mass is 16.5. The number of hydrogen-bond acceptors (Lipinski definition) is 4. The highest BCUT2D eigenvalue weighted by Crippen LogP contribution is 2.23. The van der Waals surface area contributed by atoms with Gasteiger partial charge in [-0.25, -0.2) is 4.98 Å². The molecule has 6 nitrogen and oxygen atoms in total. The molecule has 0 fully saturated rings. The fraction of sp³-hybridized carbons (Fsp3) is 0.375. The zero-order valence-electron chi connectivity index (χ0n) is 18.1. The molecule has 0 aliphatic carbocycles. The van der Waals surface area contributed by atoms with Crippen LogP contribution in [0.1, 0.15) is 48.1 Å². The van der Waals surface area contributed by atoms with Crippen LogP contribution in [-0.4, -0.2) is 40.6 Å². The molecule has 30 heavy (non-hydrogen) atoms. The van der Waals surface area contributed by atoms with E-state index in [0.717, 1.165) is 5.56 Å². The summed E-state index contributed by atoms with van der Waals surface area (Å²) in [6.07, 6.45) is 0.697. The lowest BCUT2D eigenvalue weighted by atomic mass is 10.1. The number of aryl methyl sites for hydroxylation is 1. The van der Waals surface area contributed by atoms with Gasteiger partial charge in [0.15, 0.2) is 0 Å². The predicted octanol–water partition coefficient (Wildman–Crippen LogP) is 3.96. The van der Waals surface area contributed by atoms with Gasteiger partial charge in [-0.3, -0.25) is 14.2 Å². The highest BCUT2D eigenvalue weighted by Gasteiger charge is 2.26. The Kier molecular flexibility index (Phi) is 7.00. The smallest absolute Gasteiger partial charge is 0.261 e. The molecule has 1 amide bonds. The average molecular weight is 408 g/mol. The van der Waals surface area contributed by atoms with Crippen LogP contribution in [0.4, 0.5) is 0 Å². The van der Waals surface area contributed by atoms with Crippen molar-refractivity contribution in [3.63, 3.8) is 0 Å². The van der Waals surface area contributed by atoms with Crippen molar-refractivity contribution in [3.05, 3.63) is 75.8 Å². The van der Waals surface area contributed by atoms with Crippen molar-refractivity contribution in [1.82, 2.24) is 14.5 Å². The SMILES string of the molecule is CCn1c(C(C)N(CCCOC)C(=O)c2ccc(C)cc2)nc2ccccc2c1=O. The van der Waals surface area contributed by atoms with Crippen LogP contribution < -0.4 is 5.56 Å². The minimum Gasteiger partial charge on any atom is -0.385 e. The van der Waals surface area contributed by atoms with Crippen LogP contribution in [0.3, 0.4) is 0 Å². The number of para-hydroxylation sites is 1. The van der Waals surface area contributed by atoms with Crippen LogP contribution in [0.15, 0.2) is 53.3 Å². The van der Waals surface area contributed by atoms with Crippen molar-refractivity contribution in [2.75, 3.05) is 20.3 Å². The first-order valence-corrected chi connectivity index (χ1v) is 10.3. The molecule has 0 saturated carbocycles. The lowest BCUT2D eigenvalue weighted by Gasteiger charge is -2.30. The Balaban J connectivity index is 2.05. The number of aromatic nitrogens is 2. The number of ether oxygens (including phenoxy) is 1. The maximum atomic E-state index is 13.4. The van der Waals surface area contributed by atoms with Crippen molar-refractivity contribution < 1.29 is 9.53 Å². The predicted molar refractivity (Wildman–Crippen MR) is 119 cm³/mol. The molecule has 6 heteroatoms. The van der Waals surface area contributed by atoms with Crippen LogP contribution in [0.5, 0.6) is 0 Å². The van der Waals surface area contributed by atoms with Gasteiger partial charge in [-0.1, -0.05) is 29.8 Å². The van der Waals surface area contributed by atoms with E-state index >= 15 is 0 Å². The zero-order chi connectivity index (χ0) is 21.7. The fourth-order valence-electron chi connectivity index (χ4n) is 3.66. The summed E-state index contributed by atoms with van der Waals surface area (Å²) in [5.74, 6) is 0.516. The number of carbonyl (C=O) groups is 1. The minimum atomic E-state index is -0.368. The fourth-order valence-corrected chi connectivity index (χ4v) is 3.66. The van der Waals surface area contributed by atoms with Gasteiger partial charge in [-0.2, -0.15) is 0 Å². The normalized spacial score (nSPS) is 12.1. The molecule has 2 aromatic carbocycles. The number of methoxy groups -OCH3 is 1. The molecule has 0 saturated heterocycles. The zero-order valence-corrected chi connectivity index (χ0v) is 18.1. The van der Waals surface area contributed by atoms with Gasteiger partial charge in [0.25, 0.3) is 11.5 Å². The second-order valence-electron chi connectivity index (χ2n) is 7.42. The molecule has 0 N–H and O–H groups in total. The second-order valence-corrected chi connectivity index (χ2v) is 7.42. The first-order valence-electron chi connectivity index (χ1n) is 10.3. The number of hydrogen-bond donors (Lipinski definition) is 0. The van der Waals surface area contributed by atoms with Crippen molar-refractivity contribution >= 4 is 16.8 Å². The molecule has 0 bridgehead atoms. The van der Waals surface area contributed by atoms with Gasteiger partial charge in [0.2, 0.25) is 0 Å². The quantitative estimate of drug-likeness (QED) is 0.530. The van der Waals surface area contributed by atoms with E-state index in [0.29, 0.717) is 48.4 Å². The van der Waals surface area contributed by atoms with Gasteiger partial charge < -0.3 is 9.64 Å². The number of rotatable bonds is 8. The number of benzene rings is 2. The van der Waals surface area contributed by atoms with Crippen LogP contribution in [0.25, 0.3) is 10.9 Å². The van der Waals surface area contributed by atoms with Gasteiger partial charge in [0, 0.05) is 32.4 Å². The van der Waals surface area contributed by atoms with E-state index in [4.69, 9.17) is 9.72 Å². The molecular formula is C24H29N3O3. The van der Waals surface area contributed by atoms with E-state index in [1.807, 2.05) is 63.2 Å². The van der Waals surface area contributed by atoms with E-state index in [-0.39, 0.29) is 17.5 Å². The summed E-state index contributed by atoms with van der Waals surface area (Å²) in [5.41, 5.74) is 2.29. The van der Waals surface area contributed by atoms with Crippen molar-refractivity contribution in [1.29, 1.82) is 0 Å². The van der Waals surface area contributed by atoms with Gasteiger partial charge in [0.1, 0.15) is 5.82 Å². The summed E-state index contributed by atoms with van der Waals surface area (Å²) in [6.45, 7) is 7.39. The van der Waals surface area contributed by atoms with Crippen molar-refractivity contribution in [3.8, 4) is 0 Å². The van der Waals surface area contributed by atoms with Crippen LogP contribution >= 0.6 is 0 Å². The lowest BCUT2D eigenvalue weighted by molar-refractivity contribution is 0.0655.